The molecule has 1 N–H and O–H groups in total. The van der Waals surface area contributed by atoms with Gasteiger partial charge in [-0.25, -0.2) is 14.0 Å². The zero-order valence-corrected chi connectivity index (χ0v) is 14.6. The van der Waals surface area contributed by atoms with Crippen molar-refractivity contribution in [2.75, 3.05) is 6.54 Å². The number of carboxylic acids is 1. The molecule has 0 aromatic carbocycles. The minimum Gasteiger partial charge on any atom is -0.478 e. The summed E-state index contributed by atoms with van der Waals surface area (Å²) in [5, 5.41) is 8.67. The number of likely N-dealkylation sites (tertiary alicyclic amines) is 1. The molecule has 1 aliphatic heterocycles. The van der Waals surface area contributed by atoms with E-state index in [0.29, 0.717) is 6.42 Å². The molecule has 1 heterocycles. The largest absolute Gasteiger partial charge is 0.478 e. The number of carbonyl (C=O) groups excluding carboxylic acids is 2. The molecule has 1 rings (SSSR count). The van der Waals surface area contributed by atoms with Crippen LogP contribution in [0.4, 0.5) is 9.18 Å². The van der Waals surface area contributed by atoms with Crippen molar-refractivity contribution in [1.82, 2.24) is 4.90 Å². The molecule has 1 amide bonds. The summed E-state index contributed by atoms with van der Waals surface area (Å²) >= 11 is 0. The number of Topliss-reactive ketones (excluding diaryl/α,β-unsaturated/α-hetero) is 1. The molecule has 0 aromatic heterocycles. The van der Waals surface area contributed by atoms with E-state index < -0.39 is 29.9 Å². The van der Waals surface area contributed by atoms with Gasteiger partial charge in [-0.15, -0.1) is 0 Å². The average Bonchev–Trinajstić information content (AvgIpc) is 2.83. The van der Waals surface area contributed by atoms with Crippen LogP contribution in [0.25, 0.3) is 0 Å². The number of amides is 1. The highest BCUT2D eigenvalue weighted by molar-refractivity contribution is 5.88. The second kappa shape index (κ2) is 8.26. The van der Waals surface area contributed by atoms with Crippen LogP contribution in [0, 0.1) is 5.92 Å². The van der Waals surface area contributed by atoms with Gasteiger partial charge in [0.15, 0.2) is 5.78 Å². The first-order valence-corrected chi connectivity index (χ1v) is 8.11. The van der Waals surface area contributed by atoms with Gasteiger partial charge in [-0.1, -0.05) is 13.0 Å². The van der Waals surface area contributed by atoms with Gasteiger partial charge in [-0.2, -0.15) is 0 Å². The fourth-order valence-corrected chi connectivity index (χ4v) is 2.57. The fourth-order valence-electron chi connectivity index (χ4n) is 2.57. The van der Waals surface area contributed by atoms with Crippen LogP contribution >= 0.6 is 0 Å². The molecule has 7 heteroatoms. The zero-order valence-electron chi connectivity index (χ0n) is 14.6. The second-order valence-corrected chi connectivity index (χ2v) is 7.02. The number of allylic oxidation sites excluding steroid dienone is 1. The fraction of sp³-hybridized carbons (Fsp3) is 0.706. The summed E-state index contributed by atoms with van der Waals surface area (Å²) in [6.07, 6.45) is 1.10. The van der Waals surface area contributed by atoms with Crippen LogP contribution < -0.4 is 0 Å². The van der Waals surface area contributed by atoms with E-state index in [1.54, 1.807) is 20.8 Å². The highest BCUT2D eigenvalue weighted by Crippen LogP contribution is 2.26. The molecule has 0 aromatic rings. The van der Waals surface area contributed by atoms with Crippen LogP contribution in [0.3, 0.4) is 0 Å². The molecular formula is C17H26FNO5. The molecule has 0 aliphatic carbocycles. The number of hydrogen-bond acceptors (Lipinski definition) is 4. The first kappa shape index (κ1) is 20.1. The highest BCUT2D eigenvalue weighted by Gasteiger charge is 2.41. The predicted molar refractivity (Wildman–Crippen MR) is 86.4 cm³/mol. The number of halogens is 1. The van der Waals surface area contributed by atoms with Gasteiger partial charge >= 0.3 is 12.1 Å². The van der Waals surface area contributed by atoms with Gasteiger partial charge in [0.2, 0.25) is 0 Å². The Morgan fingerprint density at radius 1 is 1.38 bits per heavy atom. The van der Waals surface area contributed by atoms with Crippen molar-refractivity contribution in [3.05, 3.63) is 12.2 Å². The number of hydrogen-bond donors (Lipinski definition) is 1. The molecule has 1 aliphatic rings. The number of alkyl halides is 1. The van der Waals surface area contributed by atoms with E-state index in [2.05, 4.69) is 0 Å². The van der Waals surface area contributed by atoms with Crippen molar-refractivity contribution in [3.8, 4) is 0 Å². The van der Waals surface area contributed by atoms with Crippen LogP contribution in [0.2, 0.25) is 0 Å². The molecule has 0 saturated carbocycles. The summed E-state index contributed by atoms with van der Waals surface area (Å²) in [5.74, 6) is -1.61. The molecule has 0 unspecified atom stereocenters. The van der Waals surface area contributed by atoms with Gasteiger partial charge in [0.1, 0.15) is 11.8 Å². The Hall–Kier alpha value is -1.92. The molecule has 0 bridgehead atoms. The Labute approximate surface area is 141 Å². The van der Waals surface area contributed by atoms with E-state index in [1.165, 1.54) is 6.08 Å². The molecule has 1 fully saturated rings. The Kier molecular flexibility index (Phi) is 6.93. The standard InChI is InChI=1S/C17H26FNO5/c1-5-11(6-7-15(21)22)8-14(20)13-9-12(18)10-19(13)16(23)24-17(2,3)4/h6-7,11-13H,5,8-10H2,1-4H3,(H,21,22)/b7-6+/t11-,12-,13-/m0/s1. The molecule has 1 saturated heterocycles. The van der Waals surface area contributed by atoms with Crippen molar-refractivity contribution in [3.63, 3.8) is 0 Å². The Morgan fingerprint density at radius 3 is 2.50 bits per heavy atom. The van der Waals surface area contributed by atoms with Crippen LogP contribution in [0.5, 0.6) is 0 Å². The van der Waals surface area contributed by atoms with E-state index in [1.807, 2.05) is 6.92 Å². The maximum Gasteiger partial charge on any atom is 0.411 e. The smallest absolute Gasteiger partial charge is 0.411 e. The summed E-state index contributed by atoms with van der Waals surface area (Å²) in [7, 11) is 0. The molecule has 24 heavy (non-hydrogen) atoms. The summed E-state index contributed by atoms with van der Waals surface area (Å²) in [5.41, 5.74) is -0.727. The minimum absolute atomic E-state index is 0.0445. The Balaban J connectivity index is 2.79. The number of carboxylic acid groups (broad SMARTS) is 1. The van der Waals surface area contributed by atoms with E-state index >= 15 is 0 Å². The maximum atomic E-state index is 13.8. The van der Waals surface area contributed by atoms with Crippen LogP contribution in [-0.4, -0.2) is 52.2 Å². The number of ketones is 1. The monoisotopic (exact) mass is 343 g/mol. The lowest BCUT2D eigenvalue weighted by atomic mass is 9.94. The molecule has 0 radical (unpaired) electrons. The summed E-state index contributed by atoms with van der Waals surface area (Å²) in [6.45, 7) is 6.78. The third-order valence-corrected chi connectivity index (χ3v) is 3.75. The molecular weight excluding hydrogens is 317 g/mol. The average molecular weight is 343 g/mol. The van der Waals surface area contributed by atoms with Gasteiger partial charge in [0.25, 0.3) is 0 Å². The van der Waals surface area contributed by atoms with Gasteiger partial charge in [-0.3, -0.25) is 9.69 Å². The van der Waals surface area contributed by atoms with Gasteiger partial charge < -0.3 is 9.84 Å². The lowest BCUT2D eigenvalue weighted by Gasteiger charge is -2.28. The number of nitrogens with zero attached hydrogens (tertiary/aromatic N) is 1. The van der Waals surface area contributed by atoms with E-state index in [9.17, 15) is 18.8 Å². The number of carbonyl (C=O) groups is 3. The Bertz CT molecular complexity index is 512. The molecule has 3 atom stereocenters. The molecule has 136 valence electrons. The first-order chi connectivity index (χ1) is 11.0. The van der Waals surface area contributed by atoms with E-state index in [-0.39, 0.29) is 31.1 Å². The normalized spacial score (nSPS) is 22.6. The number of ether oxygens (including phenoxy) is 1. The van der Waals surface area contributed by atoms with Crippen LogP contribution in [0.1, 0.15) is 47.0 Å². The van der Waals surface area contributed by atoms with Crippen molar-refractivity contribution in [1.29, 1.82) is 0 Å². The summed E-state index contributed by atoms with van der Waals surface area (Å²) < 4.78 is 19.0. The lowest BCUT2D eigenvalue weighted by Crippen LogP contribution is -2.43. The topological polar surface area (TPSA) is 83.9 Å². The minimum atomic E-state index is -1.26. The number of rotatable bonds is 6. The number of aliphatic carboxylic acids is 1. The van der Waals surface area contributed by atoms with Crippen LogP contribution in [-0.2, 0) is 14.3 Å². The van der Waals surface area contributed by atoms with Crippen molar-refractivity contribution < 1.29 is 28.6 Å². The zero-order chi connectivity index (χ0) is 18.5. The third kappa shape index (κ3) is 6.29. The van der Waals surface area contributed by atoms with Crippen molar-refractivity contribution in [2.45, 2.75) is 64.8 Å². The van der Waals surface area contributed by atoms with E-state index in [0.717, 1.165) is 11.0 Å². The van der Waals surface area contributed by atoms with Crippen LogP contribution in [0.15, 0.2) is 12.2 Å². The van der Waals surface area contributed by atoms with E-state index in [4.69, 9.17) is 9.84 Å². The summed E-state index contributed by atoms with van der Waals surface area (Å²) in [4.78, 5) is 36.4. The van der Waals surface area contributed by atoms with Gasteiger partial charge in [-0.05, 0) is 33.1 Å². The summed E-state index contributed by atoms with van der Waals surface area (Å²) in [6, 6.07) is -0.859. The van der Waals surface area contributed by atoms with Crippen molar-refractivity contribution in [2.24, 2.45) is 5.92 Å². The van der Waals surface area contributed by atoms with Crippen molar-refractivity contribution >= 4 is 17.8 Å². The predicted octanol–water partition coefficient (Wildman–Crippen LogP) is 2.96. The second-order valence-electron chi connectivity index (χ2n) is 7.02. The highest BCUT2D eigenvalue weighted by atomic mass is 19.1. The molecule has 6 nitrogen and oxygen atoms in total. The third-order valence-electron chi connectivity index (χ3n) is 3.75. The Morgan fingerprint density at radius 2 is 2.00 bits per heavy atom. The molecule has 0 spiro atoms. The quantitative estimate of drug-likeness (QED) is 0.750. The maximum absolute atomic E-state index is 13.8. The lowest BCUT2D eigenvalue weighted by molar-refractivity contribution is -0.131. The van der Waals surface area contributed by atoms with Gasteiger partial charge in [0, 0.05) is 18.9 Å². The first-order valence-electron chi connectivity index (χ1n) is 8.11. The van der Waals surface area contributed by atoms with Gasteiger partial charge in [0.05, 0.1) is 12.6 Å². The SMILES string of the molecule is CC[C@@H](/C=C/C(=O)O)CC(=O)[C@@H]1C[C@H](F)CN1C(=O)OC(C)(C)C.